The van der Waals surface area contributed by atoms with Gasteiger partial charge in [-0.1, -0.05) is 12.1 Å². The Labute approximate surface area is 177 Å². The normalized spacial score (nSPS) is 25.7. The van der Waals surface area contributed by atoms with Crippen LogP contribution in [0.4, 0.5) is 0 Å². The Morgan fingerprint density at radius 2 is 1.84 bits per heavy atom. The third-order valence-electron chi connectivity index (χ3n) is 6.51. The summed E-state index contributed by atoms with van der Waals surface area (Å²) >= 11 is 0. The van der Waals surface area contributed by atoms with Gasteiger partial charge >= 0.3 is 0 Å². The van der Waals surface area contributed by atoms with Gasteiger partial charge in [-0.25, -0.2) is 0 Å². The van der Waals surface area contributed by atoms with Gasteiger partial charge in [0.1, 0.15) is 22.8 Å². The van der Waals surface area contributed by atoms with Crippen molar-refractivity contribution in [2.45, 2.75) is 25.0 Å². The lowest BCUT2D eigenvalue weighted by atomic mass is 9.61. The van der Waals surface area contributed by atoms with E-state index in [-0.39, 0.29) is 23.1 Å². The number of ketones is 2. The van der Waals surface area contributed by atoms with E-state index in [9.17, 15) is 34.8 Å². The number of amides is 1. The monoisotopic (exact) mass is 426 g/mol. The van der Waals surface area contributed by atoms with Gasteiger partial charge in [-0.3, -0.25) is 19.3 Å². The van der Waals surface area contributed by atoms with Gasteiger partial charge in [0.15, 0.2) is 11.4 Å². The highest BCUT2D eigenvalue weighted by molar-refractivity contribution is 6.25. The third kappa shape index (κ3) is 2.47. The van der Waals surface area contributed by atoms with Gasteiger partial charge in [0.25, 0.3) is 5.91 Å². The van der Waals surface area contributed by atoms with Gasteiger partial charge < -0.3 is 26.2 Å². The summed E-state index contributed by atoms with van der Waals surface area (Å²) < 4.78 is 0. The molecule has 162 valence electrons. The van der Waals surface area contributed by atoms with Crippen LogP contribution in [0.5, 0.6) is 11.5 Å². The molecule has 4 rings (SSSR count). The van der Waals surface area contributed by atoms with Crippen molar-refractivity contribution < 1.29 is 34.8 Å². The number of carbonyl (C=O) groups is 3. The molecule has 2 aliphatic carbocycles. The zero-order valence-electron chi connectivity index (χ0n) is 17.1. The van der Waals surface area contributed by atoms with Crippen LogP contribution >= 0.6 is 0 Å². The van der Waals surface area contributed by atoms with E-state index in [2.05, 4.69) is 0 Å². The number of rotatable bonds is 2. The maximum atomic E-state index is 13.6. The van der Waals surface area contributed by atoms with E-state index in [1.807, 2.05) is 0 Å². The lowest BCUT2D eigenvalue weighted by Gasteiger charge is -2.47. The number of aromatic hydroxyl groups is 2. The number of fused-ring (bicyclic) bond motifs is 3. The lowest BCUT2D eigenvalue weighted by molar-refractivity contribution is -0.132. The van der Waals surface area contributed by atoms with Gasteiger partial charge in [-0.15, -0.1) is 0 Å². The zero-order valence-corrected chi connectivity index (χ0v) is 17.1. The number of hydrogen-bond donors (Lipinski definition) is 5. The first-order valence-corrected chi connectivity index (χ1v) is 9.61. The number of phenolic OH excluding ortho intramolecular Hbond substituents is 2. The van der Waals surface area contributed by atoms with E-state index < -0.39 is 52.1 Å². The molecule has 3 atom stereocenters. The molecule has 9 heteroatoms. The molecule has 2 aromatic carbocycles. The highest BCUT2D eigenvalue weighted by atomic mass is 16.3. The second kappa shape index (κ2) is 6.53. The molecule has 0 spiro atoms. The van der Waals surface area contributed by atoms with Crippen molar-refractivity contribution in [1.82, 2.24) is 4.90 Å². The molecule has 2 aromatic rings. The summed E-state index contributed by atoms with van der Waals surface area (Å²) in [6.07, 6.45) is -0.0484. The molecule has 0 saturated carbocycles. The Balaban J connectivity index is 2.11. The molecule has 0 fully saturated rings. The Hall–Kier alpha value is -3.43. The van der Waals surface area contributed by atoms with Crippen molar-refractivity contribution in [1.29, 1.82) is 0 Å². The highest BCUT2D eigenvalue weighted by Gasteiger charge is 2.62. The van der Waals surface area contributed by atoms with Gasteiger partial charge in [-0.05, 0) is 50.0 Å². The molecular weight excluding hydrogens is 404 g/mol. The van der Waals surface area contributed by atoms with Crippen LogP contribution in [-0.2, 0) is 16.0 Å². The van der Waals surface area contributed by atoms with Crippen LogP contribution in [0.1, 0.15) is 21.5 Å². The number of aliphatic hydroxyl groups is 2. The van der Waals surface area contributed by atoms with E-state index >= 15 is 0 Å². The fourth-order valence-corrected chi connectivity index (χ4v) is 5.04. The van der Waals surface area contributed by atoms with Crippen molar-refractivity contribution in [3.8, 4) is 11.5 Å². The van der Waals surface area contributed by atoms with E-state index in [4.69, 9.17) is 5.73 Å². The SMILES string of the molecule is Cc1c2c(c(O)c3c(O)cccc13)C(=O)[C@]1(O)C(O)=C(C(N)=O)C(=O)[C@@H](N(C)C)[C@@H]1C2. The predicted octanol–water partition coefficient (Wildman–Crippen LogP) is 0.456. The molecule has 0 radical (unpaired) electrons. The zero-order chi connectivity index (χ0) is 23.0. The Kier molecular flexibility index (Phi) is 4.39. The predicted molar refractivity (Wildman–Crippen MR) is 110 cm³/mol. The molecule has 0 aromatic heterocycles. The second-order valence-electron chi connectivity index (χ2n) is 8.29. The standard InChI is InChI=1S/C22H22N2O7/c1-8-9-5-4-6-12(25)13(9)17(26)14-10(8)7-11-16(24(2)3)18(27)15(21(23)30)20(29)22(11,31)19(14)28/h4-6,11,16,25-26,29,31H,7H2,1-3H3,(H2,23,30)/t11-,16-,22-/m0/s1. The molecule has 0 aliphatic heterocycles. The summed E-state index contributed by atoms with van der Waals surface area (Å²) in [6.45, 7) is 1.71. The molecule has 0 heterocycles. The number of phenols is 2. The van der Waals surface area contributed by atoms with Crippen molar-refractivity contribution in [2.24, 2.45) is 11.7 Å². The molecule has 31 heavy (non-hydrogen) atoms. The molecule has 2 aliphatic rings. The van der Waals surface area contributed by atoms with Crippen molar-refractivity contribution >= 4 is 28.2 Å². The summed E-state index contributed by atoms with van der Waals surface area (Å²) in [6, 6.07) is 3.50. The number of likely N-dealkylation sites (N-methyl/N-ethyl adjacent to an activating group) is 1. The van der Waals surface area contributed by atoms with Crippen LogP contribution in [0.15, 0.2) is 29.5 Å². The minimum absolute atomic E-state index is 0.0313. The van der Waals surface area contributed by atoms with Gasteiger partial charge in [0.05, 0.1) is 17.0 Å². The van der Waals surface area contributed by atoms with Crippen LogP contribution in [-0.4, -0.2) is 68.5 Å². The minimum atomic E-state index is -2.65. The van der Waals surface area contributed by atoms with Crippen LogP contribution in [0.3, 0.4) is 0 Å². The molecule has 0 unspecified atom stereocenters. The topological polar surface area (TPSA) is 161 Å². The number of hydrogen-bond acceptors (Lipinski definition) is 8. The number of carbonyl (C=O) groups excluding carboxylic acids is 3. The summed E-state index contributed by atoms with van der Waals surface area (Å²) in [7, 11) is 3.10. The van der Waals surface area contributed by atoms with E-state index in [1.165, 1.54) is 11.0 Å². The minimum Gasteiger partial charge on any atom is -0.508 e. The van der Waals surface area contributed by atoms with Gasteiger partial charge in [-0.2, -0.15) is 0 Å². The van der Waals surface area contributed by atoms with Crippen molar-refractivity contribution in [2.75, 3.05) is 14.1 Å². The maximum absolute atomic E-state index is 13.6. The number of aliphatic hydroxyl groups excluding tert-OH is 1. The first-order valence-electron chi connectivity index (χ1n) is 9.61. The largest absolute Gasteiger partial charge is 0.508 e. The molecule has 6 N–H and O–H groups in total. The number of benzene rings is 2. The summed E-state index contributed by atoms with van der Waals surface area (Å²) in [5.74, 6) is -6.18. The lowest BCUT2D eigenvalue weighted by Crippen LogP contribution is -2.64. The number of nitrogens with two attached hydrogens (primary N) is 1. The smallest absolute Gasteiger partial charge is 0.255 e. The Morgan fingerprint density at radius 1 is 1.19 bits per heavy atom. The average Bonchev–Trinajstić information content (AvgIpc) is 2.68. The van der Waals surface area contributed by atoms with Crippen molar-refractivity contribution in [3.63, 3.8) is 0 Å². The fourth-order valence-electron chi connectivity index (χ4n) is 5.04. The highest BCUT2D eigenvalue weighted by Crippen LogP contribution is 2.50. The van der Waals surface area contributed by atoms with Crippen LogP contribution in [0, 0.1) is 12.8 Å². The average molecular weight is 426 g/mol. The number of Topliss-reactive ketones (excluding diaryl/α,β-unsaturated/α-hetero) is 2. The first kappa shape index (κ1) is 20.8. The number of aryl methyl sites for hydroxylation is 1. The third-order valence-corrected chi connectivity index (χ3v) is 6.51. The van der Waals surface area contributed by atoms with Gasteiger partial charge in [0.2, 0.25) is 5.78 Å². The summed E-state index contributed by atoms with van der Waals surface area (Å²) in [5, 5.41) is 43.9. The molecule has 0 saturated heterocycles. The maximum Gasteiger partial charge on any atom is 0.255 e. The number of primary amides is 1. The van der Waals surface area contributed by atoms with Crippen LogP contribution < -0.4 is 5.73 Å². The Morgan fingerprint density at radius 3 is 2.42 bits per heavy atom. The molecular formula is C22H22N2O7. The Bertz CT molecular complexity index is 1230. The van der Waals surface area contributed by atoms with Gasteiger partial charge in [0, 0.05) is 5.92 Å². The van der Waals surface area contributed by atoms with Crippen molar-refractivity contribution in [3.05, 3.63) is 46.2 Å². The molecule has 1 amide bonds. The first-order chi connectivity index (χ1) is 14.4. The second-order valence-corrected chi connectivity index (χ2v) is 8.29. The quantitative estimate of drug-likeness (QED) is 0.433. The summed E-state index contributed by atoms with van der Waals surface area (Å²) in [5.41, 5.74) is 2.50. The fraction of sp³-hybridized carbons (Fsp3) is 0.318. The van der Waals surface area contributed by atoms with E-state index in [0.29, 0.717) is 16.5 Å². The summed E-state index contributed by atoms with van der Waals surface area (Å²) in [4.78, 5) is 39.9. The molecule has 9 nitrogen and oxygen atoms in total. The number of nitrogens with zero attached hydrogens (tertiary/aromatic N) is 1. The van der Waals surface area contributed by atoms with Crippen LogP contribution in [0.2, 0.25) is 0 Å². The van der Waals surface area contributed by atoms with E-state index in [1.54, 1.807) is 33.2 Å². The van der Waals surface area contributed by atoms with E-state index in [0.717, 1.165) is 0 Å². The molecule has 0 bridgehead atoms. The van der Waals surface area contributed by atoms with Crippen LogP contribution in [0.25, 0.3) is 10.8 Å².